The lowest BCUT2D eigenvalue weighted by Crippen LogP contribution is -1.98. The first-order chi connectivity index (χ1) is 6.77. The second-order valence-electron chi connectivity index (χ2n) is 4.00. The van der Waals surface area contributed by atoms with E-state index in [0.29, 0.717) is 5.76 Å². The van der Waals surface area contributed by atoms with Gasteiger partial charge < -0.3 is 5.11 Å². The van der Waals surface area contributed by atoms with Crippen molar-refractivity contribution in [2.75, 3.05) is 0 Å². The maximum absolute atomic E-state index is 9.77. The van der Waals surface area contributed by atoms with E-state index in [1.54, 1.807) is 0 Å². The molecule has 1 aromatic carbocycles. The van der Waals surface area contributed by atoms with Gasteiger partial charge in [-0.15, -0.1) is 0 Å². The number of benzene rings is 1. The van der Waals surface area contributed by atoms with E-state index < -0.39 is 0 Å². The van der Waals surface area contributed by atoms with Gasteiger partial charge >= 0.3 is 0 Å². The van der Waals surface area contributed by atoms with Gasteiger partial charge in [-0.2, -0.15) is 0 Å². The molecule has 1 heteroatoms. The molecule has 0 radical (unpaired) electrons. The zero-order valence-electron chi connectivity index (χ0n) is 8.59. The highest BCUT2D eigenvalue weighted by Crippen LogP contribution is 2.30. The SMILES string of the molecule is Cc1ccc(C2=C(O)CCCC2)cc1. The number of allylic oxidation sites excluding steroid dienone is 2. The summed E-state index contributed by atoms with van der Waals surface area (Å²) < 4.78 is 0. The summed E-state index contributed by atoms with van der Waals surface area (Å²) in [6.45, 7) is 2.08. The number of aliphatic hydroxyl groups excluding tert-OH is 1. The minimum atomic E-state index is 0.597. The number of hydrogen-bond donors (Lipinski definition) is 1. The second-order valence-corrected chi connectivity index (χ2v) is 4.00. The van der Waals surface area contributed by atoms with Gasteiger partial charge in [0.2, 0.25) is 0 Å². The average Bonchev–Trinajstić information content (AvgIpc) is 2.20. The van der Waals surface area contributed by atoms with Crippen molar-refractivity contribution < 1.29 is 5.11 Å². The molecule has 0 fully saturated rings. The first-order valence-electron chi connectivity index (χ1n) is 5.25. The molecule has 0 spiro atoms. The van der Waals surface area contributed by atoms with Crippen LogP contribution in [-0.2, 0) is 0 Å². The molecule has 1 aliphatic carbocycles. The van der Waals surface area contributed by atoms with Crippen LogP contribution in [-0.4, -0.2) is 5.11 Å². The Balaban J connectivity index is 2.34. The van der Waals surface area contributed by atoms with Crippen molar-refractivity contribution in [1.82, 2.24) is 0 Å². The van der Waals surface area contributed by atoms with Crippen LogP contribution >= 0.6 is 0 Å². The largest absolute Gasteiger partial charge is 0.512 e. The molecule has 1 nitrogen and oxygen atoms in total. The molecule has 0 aromatic heterocycles. The van der Waals surface area contributed by atoms with Crippen LogP contribution in [0.15, 0.2) is 30.0 Å². The van der Waals surface area contributed by atoms with Crippen LogP contribution in [0.1, 0.15) is 36.8 Å². The molecule has 0 amide bonds. The summed E-state index contributed by atoms with van der Waals surface area (Å²) >= 11 is 0. The van der Waals surface area contributed by atoms with Gasteiger partial charge in [0.25, 0.3) is 0 Å². The molecular formula is C13H16O. The number of aliphatic hydroxyl groups is 1. The lowest BCUT2D eigenvalue weighted by molar-refractivity contribution is 0.374. The fourth-order valence-corrected chi connectivity index (χ4v) is 1.96. The van der Waals surface area contributed by atoms with Gasteiger partial charge in [-0.1, -0.05) is 29.8 Å². The van der Waals surface area contributed by atoms with E-state index in [0.717, 1.165) is 24.8 Å². The molecule has 0 atom stereocenters. The van der Waals surface area contributed by atoms with E-state index in [1.807, 2.05) is 0 Å². The summed E-state index contributed by atoms with van der Waals surface area (Å²) in [6, 6.07) is 8.41. The van der Waals surface area contributed by atoms with E-state index in [1.165, 1.54) is 17.5 Å². The third-order valence-electron chi connectivity index (χ3n) is 2.84. The summed E-state index contributed by atoms with van der Waals surface area (Å²) in [5.74, 6) is 0.597. The van der Waals surface area contributed by atoms with E-state index in [9.17, 15) is 5.11 Å². The minimum Gasteiger partial charge on any atom is -0.512 e. The molecule has 2 rings (SSSR count). The van der Waals surface area contributed by atoms with E-state index in [4.69, 9.17) is 0 Å². The van der Waals surface area contributed by atoms with Gasteiger partial charge in [-0.05, 0) is 37.3 Å². The summed E-state index contributed by atoms with van der Waals surface area (Å²) in [5.41, 5.74) is 3.61. The van der Waals surface area contributed by atoms with Crippen LogP contribution in [0.2, 0.25) is 0 Å². The molecule has 0 bridgehead atoms. The van der Waals surface area contributed by atoms with Crippen molar-refractivity contribution in [2.45, 2.75) is 32.6 Å². The van der Waals surface area contributed by atoms with Crippen molar-refractivity contribution in [3.63, 3.8) is 0 Å². The first kappa shape index (κ1) is 9.32. The zero-order valence-corrected chi connectivity index (χ0v) is 8.59. The topological polar surface area (TPSA) is 20.2 Å². The Hall–Kier alpha value is -1.24. The highest BCUT2D eigenvalue weighted by Gasteiger charge is 2.12. The van der Waals surface area contributed by atoms with Crippen molar-refractivity contribution in [2.24, 2.45) is 0 Å². The smallest absolute Gasteiger partial charge is 0.0960 e. The lowest BCUT2D eigenvalue weighted by atomic mass is 9.92. The number of aryl methyl sites for hydroxylation is 1. The van der Waals surface area contributed by atoms with Gasteiger partial charge in [0.05, 0.1) is 5.76 Å². The molecule has 1 N–H and O–H groups in total. The van der Waals surface area contributed by atoms with Crippen LogP contribution in [0.4, 0.5) is 0 Å². The van der Waals surface area contributed by atoms with Gasteiger partial charge in [-0.3, -0.25) is 0 Å². The summed E-state index contributed by atoms with van der Waals surface area (Å²) in [5, 5.41) is 9.77. The summed E-state index contributed by atoms with van der Waals surface area (Å²) in [7, 11) is 0. The van der Waals surface area contributed by atoms with E-state index >= 15 is 0 Å². The predicted octanol–water partition coefficient (Wildman–Crippen LogP) is 3.84. The van der Waals surface area contributed by atoms with Crippen LogP contribution < -0.4 is 0 Å². The van der Waals surface area contributed by atoms with Crippen LogP contribution in [0.3, 0.4) is 0 Å². The highest BCUT2D eigenvalue weighted by molar-refractivity contribution is 5.68. The van der Waals surface area contributed by atoms with Crippen molar-refractivity contribution in [3.05, 3.63) is 41.2 Å². The molecule has 14 heavy (non-hydrogen) atoms. The summed E-state index contributed by atoms with van der Waals surface area (Å²) in [4.78, 5) is 0. The number of hydrogen-bond acceptors (Lipinski definition) is 1. The Morgan fingerprint density at radius 2 is 1.64 bits per heavy atom. The third-order valence-corrected chi connectivity index (χ3v) is 2.84. The van der Waals surface area contributed by atoms with Gasteiger partial charge in [0, 0.05) is 6.42 Å². The first-order valence-corrected chi connectivity index (χ1v) is 5.25. The highest BCUT2D eigenvalue weighted by atomic mass is 16.3. The monoisotopic (exact) mass is 188 g/mol. The maximum atomic E-state index is 9.77. The lowest BCUT2D eigenvalue weighted by Gasteiger charge is -2.16. The fraction of sp³-hybridized carbons (Fsp3) is 0.385. The standard InChI is InChI=1S/C13H16O/c1-10-6-8-11(9-7-10)12-4-2-3-5-13(12)14/h6-9,14H,2-5H2,1H3. The Labute approximate surface area is 85.1 Å². The molecule has 1 aromatic rings. The average molecular weight is 188 g/mol. The van der Waals surface area contributed by atoms with Crippen molar-refractivity contribution >= 4 is 5.57 Å². The molecular weight excluding hydrogens is 172 g/mol. The Morgan fingerprint density at radius 3 is 2.29 bits per heavy atom. The van der Waals surface area contributed by atoms with Crippen molar-refractivity contribution in [3.8, 4) is 0 Å². The molecule has 0 saturated heterocycles. The molecule has 0 heterocycles. The molecule has 0 aliphatic heterocycles. The van der Waals surface area contributed by atoms with Crippen LogP contribution in [0, 0.1) is 6.92 Å². The van der Waals surface area contributed by atoms with Crippen molar-refractivity contribution in [1.29, 1.82) is 0 Å². The molecule has 0 unspecified atom stereocenters. The zero-order chi connectivity index (χ0) is 9.97. The predicted molar refractivity (Wildman–Crippen MR) is 59.2 cm³/mol. The molecule has 74 valence electrons. The minimum absolute atomic E-state index is 0.597. The quantitative estimate of drug-likeness (QED) is 0.710. The maximum Gasteiger partial charge on any atom is 0.0960 e. The normalized spacial score (nSPS) is 17.2. The van der Waals surface area contributed by atoms with Crippen LogP contribution in [0.5, 0.6) is 0 Å². The molecule has 0 saturated carbocycles. The van der Waals surface area contributed by atoms with E-state index in [-0.39, 0.29) is 0 Å². The fourth-order valence-electron chi connectivity index (χ4n) is 1.96. The van der Waals surface area contributed by atoms with E-state index in [2.05, 4.69) is 31.2 Å². The van der Waals surface area contributed by atoms with Gasteiger partial charge in [0.1, 0.15) is 0 Å². The Kier molecular flexibility index (Phi) is 2.58. The Morgan fingerprint density at radius 1 is 1.00 bits per heavy atom. The summed E-state index contributed by atoms with van der Waals surface area (Å²) in [6.07, 6.45) is 4.20. The van der Waals surface area contributed by atoms with Crippen LogP contribution in [0.25, 0.3) is 5.57 Å². The van der Waals surface area contributed by atoms with Gasteiger partial charge in [-0.25, -0.2) is 0 Å². The molecule has 1 aliphatic rings. The second kappa shape index (κ2) is 3.87. The third kappa shape index (κ3) is 1.82. The Bertz CT molecular complexity index is 346. The van der Waals surface area contributed by atoms with Gasteiger partial charge in [0.15, 0.2) is 0 Å². The number of rotatable bonds is 1.